The number of hydrogen-bond donors (Lipinski definition) is 2. The van der Waals surface area contributed by atoms with E-state index in [4.69, 9.17) is 11.5 Å². The summed E-state index contributed by atoms with van der Waals surface area (Å²) in [4.78, 5) is 8.46. The molecule has 24 heavy (non-hydrogen) atoms. The minimum atomic E-state index is -3.45. The Labute approximate surface area is 141 Å². The average Bonchev–Trinajstić information content (AvgIpc) is 2.45. The van der Waals surface area contributed by atoms with Crippen LogP contribution in [0.2, 0.25) is 0 Å². The van der Waals surface area contributed by atoms with Crippen molar-refractivity contribution in [2.75, 3.05) is 24.3 Å². The van der Waals surface area contributed by atoms with Crippen LogP contribution in [-0.2, 0) is 15.6 Å². The number of anilines is 2. The molecule has 3 rings (SSSR count). The molecule has 0 amide bonds. The molecule has 1 aliphatic heterocycles. The molecule has 2 aromatic rings. The van der Waals surface area contributed by atoms with Crippen molar-refractivity contribution in [3.8, 4) is 0 Å². The van der Waals surface area contributed by atoms with Crippen LogP contribution in [-0.4, -0.2) is 35.5 Å². The lowest BCUT2D eigenvalue weighted by Gasteiger charge is -2.44. The predicted octanol–water partition coefficient (Wildman–Crippen LogP) is 1.28. The third kappa shape index (κ3) is 2.61. The lowest BCUT2D eigenvalue weighted by Crippen LogP contribution is -2.51. The summed E-state index contributed by atoms with van der Waals surface area (Å²) in [7, 11) is -3.45. The highest BCUT2D eigenvalue weighted by atomic mass is 32.2. The van der Waals surface area contributed by atoms with E-state index in [0.29, 0.717) is 11.3 Å². The van der Waals surface area contributed by atoms with Crippen LogP contribution < -0.4 is 11.5 Å². The number of fused-ring (bicyclic) bond motifs is 1. The van der Waals surface area contributed by atoms with E-state index < -0.39 is 15.6 Å². The molecule has 0 saturated heterocycles. The summed E-state index contributed by atoms with van der Waals surface area (Å²) in [6, 6.07) is 9.62. The number of benzene rings is 1. The van der Waals surface area contributed by atoms with Crippen LogP contribution in [0.25, 0.3) is 0 Å². The Hall–Kier alpha value is -2.19. The minimum absolute atomic E-state index is 0.0933. The molecule has 0 bridgehead atoms. The van der Waals surface area contributed by atoms with Crippen molar-refractivity contribution in [2.45, 2.75) is 25.3 Å². The highest BCUT2D eigenvalue weighted by Crippen LogP contribution is 2.45. The first kappa shape index (κ1) is 16.7. The lowest BCUT2D eigenvalue weighted by atomic mass is 9.80. The van der Waals surface area contributed by atoms with Crippen molar-refractivity contribution in [3.05, 3.63) is 47.2 Å². The Morgan fingerprint density at radius 3 is 2.38 bits per heavy atom. The van der Waals surface area contributed by atoms with E-state index in [-0.39, 0.29) is 24.2 Å². The van der Waals surface area contributed by atoms with Gasteiger partial charge in [0.1, 0.15) is 5.82 Å². The van der Waals surface area contributed by atoms with Gasteiger partial charge >= 0.3 is 0 Å². The highest BCUT2D eigenvalue weighted by Gasteiger charge is 2.46. The third-order valence-electron chi connectivity index (χ3n) is 4.50. The number of hydrogen-bond acceptors (Lipinski definition) is 6. The van der Waals surface area contributed by atoms with Crippen LogP contribution in [0.15, 0.2) is 30.3 Å². The summed E-state index contributed by atoms with van der Waals surface area (Å²) in [5.74, 6) is 0.0594. The summed E-state index contributed by atoms with van der Waals surface area (Å²) in [5, 5.41) is 0. The fourth-order valence-corrected chi connectivity index (χ4v) is 4.84. The molecule has 2 heterocycles. The van der Waals surface area contributed by atoms with E-state index in [1.165, 1.54) is 10.6 Å². The van der Waals surface area contributed by atoms with Crippen molar-refractivity contribution in [2.24, 2.45) is 0 Å². The number of rotatable bonds is 2. The minimum Gasteiger partial charge on any atom is -0.383 e. The van der Waals surface area contributed by atoms with Crippen LogP contribution in [0.3, 0.4) is 0 Å². The van der Waals surface area contributed by atoms with Gasteiger partial charge in [0.05, 0.1) is 17.5 Å². The fraction of sp³-hybridized carbons (Fsp3) is 0.375. The molecule has 4 N–H and O–H groups in total. The smallest absolute Gasteiger partial charge is 0.222 e. The second-order valence-corrected chi connectivity index (χ2v) is 8.45. The second-order valence-electron chi connectivity index (χ2n) is 6.54. The summed E-state index contributed by atoms with van der Waals surface area (Å²) in [5.41, 5.74) is 13.3. The first-order valence-corrected chi connectivity index (χ1v) is 9.43. The van der Waals surface area contributed by atoms with E-state index in [0.717, 1.165) is 5.56 Å². The van der Waals surface area contributed by atoms with Gasteiger partial charge in [-0.3, -0.25) is 0 Å². The maximum Gasteiger partial charge on any atom is 0.222 e. The molecule has 128 valence electrons. The molecule has 0 saturated carbocycles. The summed E-state index contributed by atoms with van der Waals surface area (Å²) in [6.07, 6.45) is 1.20. The zero-order valence-electron chi connectivity index (χ0n) is 13.9. The normalized spacial score (nSPS) is 20.5. The quantitative estimate of drug-likeness (QED) is 0.845. The van der Waals surface area contributed by atoms with Gasteiger partial charge < -0.3 is 11.5 Å². The molecule has 1 unspecified atom stereocenters. The first-order chi connectivity index (χ1) is 11.1. The number of nitrogen functional groups attached to an aromatic ring is 2. The van der Waals surface area contributed by atoms with Crippen LogP contribution in [0, 0.1) is 0 Å². The van der Waals surface area contributed by atoms with Crippen molar-refractivity contribution in [1.82, 2.24) is 14.3 Å². The zero-order chi connectivity index (χ0) is 17.7. The Kier molecular flexibility index (Phi) is 3.76. The van der Waals surface area contributed by atoms with Crippen LogP contribution >= 0.6 is 0 Å². The van der Waals surface area contributed by atoms with Gasteiger partial charge in [-0.25, -0.2) is 13.4 Å². The maximum atomic E-state index is 12.4. The molecule has 1 aromatic carbocycles. The third-order valence-corrected chi connectivity index (χ3v) is 5.90. The van der Waals surface area contributed by atoms with E-state index in [1.54, 1.807) is 0 Å². The van der Waals surface area contributed by atoms with E-state index in [9.17, 15) is 8.42 Å². The molecule has 0 fully saturated rings. The van der Waals surface area contributed by atoms with Gasteiger partial charge in [0.2, 0.25) is 16.0 Å². The number of nitrogens with zero attached hydrogens (tertiary/aromatic N) is 3. The van der Waals surface area contributed by atoms with Crippen molar-refractivity contribution < 1.29 is 8.42 Å². The van der Waals surface area contributed by atoms with Gasteiger partial charge in [-0.1, -0.05) is 30.3 Å². The first-order valence-electron chi connectivity index (χ1n) is 7.58. The summed E-state index contributed by atoms with van der Waals surface area (Å²) < 4.78 is 26.2. The van der Waals surface area contributed by atoms with Gasteiger partial charge in [0.25, 0.3) is 0 Å². The molecular formula is C16H21N5O2S. The zero-order valence-corrected chi connectivity index (χ0v) is 14.7. The Morgan fingerprint density at radius 2 is 1.79 bits per heavy atom. The standard InChI is InChI=1S/C16H21N5O2S/c1-16(2)12-13(19-15(18)20-14(12)17)11(9-21(16)24(3,22)23)10-7-5-4-6-8-10/h4-8,11H,9H2,1-3H3,(H4,17,18,19,20). The molecular weight excluding hydrogens is 326 g/mol. The van der Waals surface area contributed by atoms with E-state index in [1.807, 2.05) is 44.2 Å². The van der Waals surface area contributed by atoms with Gasteiger partial charge in [-0.2, -0.15) is 9.29 Å². The molecule has 0 radical (unpaired) electrons. The summed E-state index contributed by atoms with van der Waals surface area (Å²) >= 11 is 0. The molecule has 1 atom stereocenters. The van der Waals surface area contributed by atoms with E-state index in [2.05, 4.69) is 9.97 Å². The van der Waals surface area contributed by atoms with Crippen molar-refractivity contribution >= 4 is 21.8 Å². The Morgan fingerprint density at radius 1 is 1.17 bits per heavy atom. The van der Waals surface area contributed by atoms with Gasteiger partial charge in [-0.15, -0.1) is 0 Å². The van der Waals surface area contributed by atoms with Gasteiger partial charge in [0.15, 0.2) is 0 Å². The monoisotopic (exact) mass is 347 g/mol. The number of aromatic nitrogens is 2. The van der Waals surface area contributed by atoms with Crippen LogP contribution in [0.1, 0.15) is 36.6 Å². The number of sulfonamides is 1. The topological polar surface area (TPSA) is 115 Å². The lowest BCUT2D eigenvalue weighted by molar-refractivity contribution is 0.204. The van der Waals surface area contributed by atoms with Gasteiger partial charge in [-0.05, 0) is 19.4 Å². The van der Waals surface area contributed by atoms with Crippen LogP contribution in [0.5, 0.6) is 0 Å². The maximum absolute atomic E-state index is 12.4. The van der Waals surface area contributed by atoms with Crippen molar-refractivity contribution in [1.29, 1.82) is 0 Å². The van der Waals surface area contributed by atoms with Gasteiger partial charge in [0, 0.05) is 18.0 Å². The molecule has 8 heteroatoms. The van der Waals surface area contributed by atoms with Crippen molar-refractivity contribution in [3.63, 3.8) is 0 Å². The highest BCUT2D eigenvalue weighted by molar-refractivity contribution is 7.88. The summed E-state index contributed by atoms with van der Waals surface area (Å²) in [6.45, 7) is 3.90. The Balaban J connectivity index is 2.31. The predicted molar refractivity (Wildman–Crippen MR) is 93.7 cm³/mol. The molecule has 7 nitrogen and oxygen atoms in total. The molecule has 0 spiro atoms. The molecule has 1 aromatic heterocycles. The molecule has 0 aliphatic carbocycles. The number of nitrogens with two attached hydrogens (primary N) is 2. The Bertz CT molecular complexity index is 881. The second kappa shape index (κ2) is 5.42. The SMILES string of the molecule is CC1(C)c2c(N)nc(N)nc2C(c2ccccc2)CN1S(C)(=O)=O. The fourth-order valence-electron chi connectivity index (χ4n) is 3.50. The van der Waals surface area contributed by atoms with E-state index >= 15 is 0 Å². The van der Waals surface area contributed by atoms with Crippen LogP contribution in [0.4, 0.5) is 11.8 Å². The molecule has 1 aliphatic rings. The average molecular weight is 347 g/mol. The largest absolute Gasteiger partial charge is 0.383 e.